The van der Waals surface area contributed by atoms with E-state index < -0.39 is 17.7 Å². The van der Waals surface area contributed by atoms with Crippen molar-refractivity contribution in [1.82, 2.24) is 5.32 Å². The number of halogens is 1. The van der Waals surface area contributed by atoms with Gasteiger partial charge in [0.1, 0.15) is 11.6 Å². The van der Waals surface area contributed by atoms with Crippen molar-refractivity contribution >= 4 is 11.9 Å². The Labute approximate surface area is 145 Å². The highest BCUT2D eigenvalue weighted by atomic mass is 19.1. The molecule has 0 bridgehead atoms. The van der Waals surface area contributed by atoms with Gasteiger partial charge in [-0.25, -0.2) is 9.18 Å². The molecule has 1 atom stereocenters. The molecule has 1 amide bonds. The maximum absolute atomic E-state index is 14.0. The van der Waals surface area contributed by atoms with Crippen molar-refractivity contribution in [1.29, 1.82) is 0 Å². The molecule has 0 aliphatic rings. The quantitative estimate of drug-likeness (QED) is 0.835. The van der Waals surface area contributed by atoms with Gasteiger partial charge in [0.25, 0.3) is 5.91 Å². The molecule has 2 N–H and O–H groups in total. The van der Waals surface area contributed by atoms with Gasteiger partial charge in [-0.3, -0.25) is 4.79 Å². The van der Waals surface area contributed by atoms with Crippen LogP contribution in [0.4, 0.5) is 4.39 Å². The first-order valence-electron chi connectivity index (χ1n) is 7.88. The monoisotopic (exact) mass is 345 g/mol. The highest BCUT2D eigenvalue weighted by Crippen LogP contribution is 2.21. The maximum atomic E-state index is 14.0. The van der Waals surface area contributed by atoms with E-state index in [0.717, 1.165) is 11.6 Å². The number of carbonyl (C=O) groups excluding carboxylic acids is 1. The van der Waals surface area contributed by atoms with E-state index in [1.165, 1.54) is 12.1 Å². The number of benzene rings is 2. The molecule has 1 unspecified atom stereocenters. The third-order valence-electron chi connectivity index (χ3n) is 3.54. The fourth-order valence-electron chi connectivity index (χ4n) is 2.32. The second kappa shape index (κ2) is 7.79. The molecule has 132 valence electrons. The zero-order valence-corrected chi connectivity index (χ0v) is 14.2. The Kier molecular flexibility index (Phi) is 5.75. The lowest BCUT2D eigenvalue weighted by molar-refractivity contribution is 0.0695. The zero-order chi connectivity index (χ0) is 18.6. The summed E-state index contributed by atoms with van der Waals surface area (Å²) >= 11 is 0. The molecule has 5 nitrogen and oxygen atoms in total. The molecule has 0 heterocycles. The summed E-state index contributed by atoms with van der Waals surface area (Å²) in [6, 6.07) is 10.1. The fourth-order valence-corrected chi connectivity index (χ4v) is 2.32. The van der Waals surface area contributed by atoms with E-state index in [-0.39, 0.29) is 23.3 Å². The third-order valence-corrected chi connectivity index (χ3v) is 3.54. The van der Waals surface area contributed by atoms with Crippen LogP contribution in [0.5, 0.6) is 5.75 Å². The minimum Gasteiger partial charge on any atom is -0.491 e. The van der Waals surface area contributed by atoms with Crippen LogP contribution in [0.1, 0.15) is 53.1 Å². The molecular weight excluding hydrogens is 325 g/mol. The number of nitrogens with one attached hydrogen (secondary N) is 1. The van der Waals surface area contributed by atoms with Gasteiger partial charge in [-0.2, -0.15) is 0 Å². The van der Waals surface area contributed by atoms with Crippen LogP contribution in [0.2, 0.25) is 0 Å². The average molecular weight is 345 g/mol. The Morgan fingerprint density at radius 2 is 1.84 bits per heavy atom. The van der Waals surface area contributed by atoms with E-state index in [1.54, 1.807) is 6.92 Å². The van der Waals surface area contributed by atoms with Crippen molar-refractivity contribution in [3.8, 4) is 5.75 Å². The largest absolute Gasteiger partial charge is 0.491 e. The topological polar surface area (TPSA) is 75.6 Å². The van der Waals surface area contributed by atoms with E-state index in [4.69, 9.17) is 9.84 Å². The van der Waals surface area contributed by atoms with E-state index >= 15 is 0 Å². The Morgan fingerprint density at radius 3 is 2.44 bits per heavy atom. The molecule has 0 radical (unpaired) electrons. The second-order valence-electron chi connectivity index (χ2n) is 5.93. The summed E-state index contributed by atoms with van der Waals surface area (Å²) in [4.78, 5) is 23.1. The summed E-state index contributed by atoms with van der Waals surface area (Å²) in [6.07, 6.45) is 0.0296. The van der Waals surface area contributed by atoms with Gasteiger partial charge in [0.2, 0.25) is 0 Å². The van der Waals surface area contributed by atoms with Crippen molar-refractivity contribution in [2.75, 3.05) is 0 Å². The lowest BCUT2D eigenvalue weighted by atomic mass is 10.1. The highest BCUT2D eigenvalue weighted by molar-refractivity contribution is 5.96. The summed E-state index contributed by atoms with van der Waals surface area (Å²) in [5, 5.41) is 11.5. The lowest BCUT2D eigenvalue weighted by Gasteiger charge is -2.17. The maximum Gasteiger partial charge on any atom is 0.335 e. The van der Waals surface area contributed by atoms with Crippen LogP contribution in [0.15, 0.2) is 42.5 Å². The van der Waals surface area contributed by atoms with Crippen LogP contribution in [0.25, 0.3) is 0 Å². The van der Waals surface area contributed by atoms with Gasteiger partial charge < -0.3 is 15.2 Å². The van der Waals surface area contributed by atoms with Gasteiger partial charge in [-0.1, -0.05) is 12.1 Å². The van der Waals surface area contributed by atoms with Crippen LogP contribution >= 0.6 is 0 Å². The Hall–Kier alpha value is -2.89. The van der Waals surface area contributed by atoms with Crippen LogP contribution in [0, 0.1) is 5.82 Å². The number of rotatable bonds is 6. The number of carboxylic acids is 1. The van der Waals surface area contributed by atoms with Crippen LogP contribution in [-0.4, -0.2) is 23.1 Å². The first kappa shape index (κ1) is 18.4. The SMILES string of the molecule is CC(C)Oc1cccc(C(C)NC(=O)c2ccc(C(=O)O)cc2F)c1. The number of hydrogen-bond donors (Lipinski definition) is 2. The molecule has 0 saturated heterocycles. The molecule has 2 rings (SSSR count). The minimum absolute atomic E-state index is 0.0296. The average Bonchev–Trinajstić information content (AvgIpc) is 2.54. The van der Waals surface area contributed by atoms with E-state index in [1.807, 2.05) is 38.1 Å². The van der Waals surface area contributed by atoms with Crippen molar-refractivity contribution < 1.29 is 23.8 Å². The molecule has 0 aromatic heterocycles. The molecule has 0 fully saturated rings. The van der Waals surface area contributed by atoms with Crippen molar-refractivity contribution in [3.63, 3.8) is 0 Å². The Bertz CT molecular complexity index is 789. The number of carboxylic acid groups (broad SMARTS) is 1. The number of amides is 1. The van der Waals surface area contributed by atoms with Gasteiger partial charge in [0.05, 0.1) is 23.3 Å². The number of carbonyl (C=O) groups is 2. The molecule has 6 heteroatoms. The number of ether oxygens (including phenoxy) is 1. The van der Waals surface area contributed by atoms with Crippen LogP contribution in [-0.2, 0) is 0 Å². The second-order valence-corrected chi connectivity index (χ2v) is 5.93. The molecule has 0 saturated carbocycles. The normalized spacial score (nSPS) is 11.9. The minimum atomic E-state index is -1.25. The van der Waals surface area contributed by atoms with Gasteiger partial charge >= 0.3 is 5.97 Å². The molecule has 0 aliphatic heterocycles. The third kappa shape index (κ3) is 4.79. The Morgan fingerprint density at radius 1 is 1.12 bits per heavy atom. The Balaban J connectivity index is 2.13. The predicted octanol–water partition coefficient (Wildman–Crippen LogP) is 3.80. The lowest BCUT2D eigenvalue weighted by Crippen LogP contribution is -2.27. The highest BCUT2D eigenvalue weighted by Gasteiger charge is 2.17. The fraction of sp³-hybridized carbons (Fsp3) is 0.263. The summed E-state index contributed by atoms with van der Waals surface area (Å²) in [7, 11) is 0. The molecular formula is C19H20FNO4. The van der Waals surface area contributed by atoms with E-state index in [9.17, 15) is 14.0 Å². The van der Waals surface area contributed by atoms with Gasteiger partial charge in [0, 0.05) is 0 Å². The summed E-state index contributed by atoms with van der Waals surface area (Å²) in [5.74, 6) is -2.05. The molecule has 0 spiro atoms. The van der Waals surface area contributed by atoms with Gasteiger partial charge in [-0.05, 0) is 56.7 Å². The summed E-state index contributed by atoms with van der Waals surface area (Å²) in [5.41, 5.74) is 0.404. The van der Waals surface area contributed by atoms with Crippen LogP contribution < -0.4 is 10.1 Å². The van der Waals surface area contributed by atoms with Crippen molar-refractivity contribution in [2.24, 2.45) is 0 Å². The summed E-state index contributed by atoms with van der Waals surface area (Å²) in [6.45, 7) is 5.61. The predicted molar refractivity (Wildman–Crippen MR) is 91.4 cm³/mol. The van der Waals surface area contributed by atoms with E-state index in [2.05, 4.69) is 5.32 Å². The number of hydrogen-bond acceptors (Lipinski definition) is 3. The first-order valence-corrected chi connectivity index (χ1v) is 7.88. The van der Waals surface area contributed by atoms with Gasteiger partial charge in [0.15, 0.2) is 0 Å². The molecule has 25 heavy (non-hydrogen) atoms. The van der Waals surface area contributed by atoms with Crippen molar-refractivity contribution in [3.05, 3.63) is 65.0 Å². The van der Waals surface area contributed by atoms with Crippen LogP contribution in [0.3, 0.4) is 0 Å². The molecule has 2 aromatic carbocycles. The zero-order valence-electron chi connectivity index (χ0n) is 14.2. The smallest absolute Gasteiger partial charge is 0.335 e. The van der Waals surface area contributed by atoms with E-state index in [0.29, 0.717) is 5.75 Å². The van der Waals surface area contributed by atoms with Gasteiger partial charge in [-0.15, -0.1) is 0 Å². The summed E-state index contributed by atoms with van der Waals surface area (Å²) < 4.78 is 19.6. The standard InChI is InChI=1S/C19H20FNO4/c1-11(2)25-15-6-4-5-13(9-15)12(3)21-18(22)16-8-7-14(19(23)24)10-17(16)20/h4-12H,1-3H3,(H,21,22)(H,23,24). The van der Waals surface area contributed by atoms with Crippen molar-refractivity contribution in [2.45, 2.75) is 32.9 Å². The molecule has 2 aromatic rings. The molecule has 0 aliphatic carbocycles. The number of aromatic carboxylic acids is 1. The first-order chi connectivity index (χ1) is 11.8.